The van der Waals surface area contributed by atoms with Gasteiger partial charge in [-0.05, 0) is 24.6 Å². The second kappa shape index (κ2) is 6.86. The maximum absolute atomic E-state index is 13.0. The standard InChI is InChI=1S/C20H16N4O5/c1-20(14-7-9-15(10-8-14)24(27)28)18(25)23(19(26)22-20)12-17-21-11-16(29-17)13-5-3-2-4-6-13/h2-11H,12H2,1H3,(H,22,26). The van der Waals surface area contributed by atoms with Crippen molar-refractivity contribution >= 4 is 17.6 Å². The Balaban J connectivity index is 1.55. The van der Waals surface area contributed by atoms with Crippen molar-refractivity contribution in [3.05, 3.63) is 82.4 Å². The molecule has 0 radical (unpaired) electrons. The fourth-order valence-corrected chi connectivity index (χ4v) is 3.21. The zero-order chi connectivity index (χ0) is 20.6. The molecule has 1 unspecified atom stereocenters. The minimum absolute atomic E-state index is 0.0980. The van der Waals surface area contributed by atoms with Gasteiger partial charge in [0.1, 0.15) is 12.1 Å². The third-order valence-electron chi connectivity index (χ3n) is 4.84. The van der Waals surface area contributed by atoms with Crippen LogP contribution >= 0.6 is 0 Å². The van der Waals surface area contributed by atoms with E-state index in [1.54, 1.807) is 13.1 Å². The topological polar surface area (TPSA) is 119 Å². The second-order valence-corrected chi connectivity index (χ2v) is 6.73. The molecule has 0 saturated carbocycles. The van der Waals surface area contributed by atoms with E-state index in [2.05, 4.69) is 10.3 Å². The maximum atomic E-state index is 13.0. The summed E-state index contributed by atoms with van der Waals surface area (Å²) in [6.45, 7) is 1.43. The van der Waals surface area contributed by atoms with Gasteiger partial charge in [-0.2, -0.15) is 0 Å². The number of nitro groups is 1. The molecule has 2 heterocycles. The van der Waals surface area contributed by atoms with Crippen LogP contribution in [0.1, 0.15) is 18.4 Å². The van der Waals surface area contributed by atoms with Crippen LogP contribution in [0.3, 0.4) is 0 Å². The number of benzene rings is 2. The molecule has 3 amide bonds. The summed E-state index contributed by atoms with van der Waals surface area (Å²) >= 11 is 0. The Morgan fingerprint density at radius 3 is 2.48 bits per heavy atom. The summed E-state index contributed by atoms with van der Waals surface area (Å²) in [5.41, 5.74) is -0.152. The van der Waals surface area contributed by atoms with Gasteiger partial charge in [-0.25, -0.2) is 9.78 Å². The van der Waals surface area contributed by atoms with E-state index in [9.17, 15) is 19.7 Å². The van der Waals surface area contributed by atoms with Gasteiger partial charge in [-0.3, -0.25) is 19.8 Å². The summed E-state index contributed by atoms with van der Waals surface area (Å²) in [6.07, 6.45) is 1.54. The van der Waals surface area contributed by atoms with Gasteiger partial charge >= 0.3 is 6.03 Å². The van der Waals surface area contributed by atoms with Crippen molar-refractivity contribution in [2.45, 2.75) is 19.0 Å². The van der Waals surface area contributed by atoms with Crippen LogP contribution in [0.15, 0.2) is 65.2 Å². The first-order valence-electron chi connectivity index (χ1n) is 8.77. The monoisotopic (exact) mass is 392 g/mol. The Kier molecular flexibility index (Phi) is 4.34. The lowest BCUT2D eigenvalue weighted by Gasteiger charge is -2.21. The molecule has 0 spiro atoms. The van der Waals surface area contributed by atoms with E-state index in [0.29, 0.717) is 11.3 Å². The number of urea groups is 1. The Hall–Kier alpha value is -4.01. The summed E-state index contributed by atoms with van der Waals surface area (Å²) in [6, 6.07) is 14.3. The van der Waals surface area contributed by atoms with Gasteiger partial charge in [-0.15, -0.1) is 0 Å². The summed E-state index contributed by atoms with van der Waals surface area (Å²) in [4.78, 5) is 40.9. The zero-order valence-electron chi connectivity index (χ0n) is 15.4. The number of nitrogens with zero attached hydrogens (tertiary/aromatic N) is 3. The van der Waals surface area contributed by atoms with E-state index < -0.39 is 22.4 Å². The van der Waals surface area contributed by atoms with E-state index in [0.717, 1.165) is 10.5 Å². The molecule has 1 saturated heterocycles. The van der Waals surface area contributed by atoms with Crippen LogP contribution in [0, 0.1) is 10.1 Å². The highest BCUT2D eigenvalue weighted by Gasteiger charge is 2.49. The van der Waals surface area contributed by atoms with Crippen molar-refractivity contribution in [1.29, 1.82) is 0 Å². The molecule has 9 nitrogen and oxygen atoms in total. The number of nitrogens with one attached hydrogen (secondary N) is 1. The van der Waals surface area contributed by atoms with Crippen LogP contribution in [0.5, 0.6) is 0 Å². The number of nitro benzene ring substituents is 1. The van der Waals surface area contributed by atoms with Crippen LogP contribution in [0.2, 0.25) is 0 Å². The Morgan fingerprint density at radius 2 is 1.83 bits per heavy atom. The van der Waals surface area contributed by atoms with Gasteiger partial charge in [0.25, 0.3) is 11.6 Å². The fraction of sp³-hybridized carbons (Fsp3) is 0.150. The van der Waals surface area contributed by atoms with Crippen molar-refractivity contribution in [3.63, 3.8) is 0 Å². The third kappa shape index (κ3) is 3.22. The lowest BCUT2D eigenvalue weighted by atomic mass is 9.92. The molecule has 1 fully saturated rings. The number of non-ortho nitro benzene ring substituents is 1. The first-order chi connectivity index (χ1) is 13.9. The number of carbonyl (C=O) groups excluding carboxylic acids is 2. The summed E-state index contributed by atoms with van der Waals surface area (Å²) < 4.78 is 5.68. The van der Waals surface area contributed by atoms with Crippen LogP contribution in [0.25, 0.3) is 11.3 Å². The SMILES string of the molecule is CC1(c2ccc([N+](=O)[O-])cc2)NC(=O)N(Cc2ncc(-c3ccccc3)o2)C1=O. The molecule has 2 aromatic carbocycles. The third-order valence-corrected chi connectivity index (χ3v) is 4.84. The predicted octanol–water partition coefficient (Wildman–Crippen LogP) is 3.22. The Bertz CT molecular complexity index is 1090. The molecule has 1 aromatic heterocycles. The average Bonchev–Trinajstić information content (AvgIpc) is 3.28. The van der Waals surface area contributed by atoms with Crippen LogP contribution in [-0.4, -0.2) is 26.7 Å². The average molecular weight is 392 g/mol. The molecule has 146 valence electrons. The lowest BCUT2D eigenvalue weighted by Crippen LogP contribution is -2.40. The van der Waals surface area contributed by atoms with Crippen molar-refractivity contribution in [1.82, 2.24) is 15.2 Å². The maximum Gasteiger partial charge on any atom is 0.325 e. The summed E-state index contributed by atoms with van der Waals surface area (Å²) in [5.74, 6) is 0.266. The van der Waals surface area contributed by atoms with Gasteiger partial charge in [0.05, 0.1) is 11.1 Å². The number of imide groups is 1. The number of hydrogen-bond donors (Lipinski definition) is 1. The Labute approximate surface area is 165 Å². The van der Waals surface area contributed by atoms with Gasteiger partial charge in [0.2, 0.25) is 5.89 Å². The van der Waals surface area contributed by atoms with E-state index in [1.165, 1.54) is 24.3 Å². The highest BCUT2D eigenvalue weighted by Crippen LogP contribution is 2.31. The number of rotatable bonds is 5. The van der Waals surface area contributed by atoms with Crippen molar-refractivity contribution in [2.75, 3.05) is 0 Å². The molecule has 4 rings (SSSR count). The summed E-state index contributed by atoms with van der Waals surface area (Å²) in [7, 11) is 0. The van der Waals surface area contributed by atoms with Crippen molar-refractivity contribution in [2.24, 2.45) is 0 Å². The molecule has 29 heavy (non-hydrogen) atoms. The molecule has 0 bridgehead atoms. The fourth-order valence-electron chi connectivity index (χ4n) is 3.21. The minimum Gasteiger partial charge on any atom is -0.439 e. The zero-order valence-corrected chi connectivity index (χ0v) is 15.4. The van der Waals surface area contributed by atoms with Gasteiger partial charge in [0, 0.05) is 17.7 Å². The molecular formula is C20H16N4O5. The molecular weight excluding hydrogens is 376 g/mol. The van der Waals surface area contributed by atoms with E-state index in [-0.39, 0.29) is 18.1 Å². The van der Waals surface area contributed by atoms with Gasteiger partial charge < -0.3 is 9.73 Å². The number of amides is 3. The molecule has 0 aliphatic carbocycles. The second-order valence-electron chi connectivity index (χ2n) is 6.73. The highest BCUT2D eigenvalue weighted by molar-refractivity contribution is 6.07. The first-order valence-corrected chi connectivity index (χ1v) is 8.77. The number of aromatic nitrogens is 1. The molecule has 1 aliphatic heterocycles. The number of oxazole rings is 1. The van der Waals surface area contributed by atoms with Crippen LogP contribution < -0.4 is 5.32 Å². The normalized spacial score (nSPS) is 18.7. The van der Waals surface area contributed by atoms with Gasteiger partial charge in [-0.1, -0.05) is 30.3 Å². The first kappa shape index (κ1) is 18.4. The number of carbonyl (C=O) groups is 2. The predicted molar refractivity (Wildman–Crippen MR) is 101 cm³/mol. The summed E-state index contributed by atoms with van der Waals surface area (Å²) in [5, 5.41) is 13.5. The Morgan fingerprint density at radius 1 is 1.14 bits per heavy atom. The van der Waals surface area contributed by atoms with Crippen LogP contribution in [-0.2, 0) is 16.9 Å². The number of hydrogen-bond acceptors (Lipinski definition) is 6. The van der Waals surface area contributed by atoms with Crippen molar-refractivity contribution < 1.29 is 18.9 Å². The minimum atomic E-state index is -1.33. The highest BCUT2D eigenvalue weighted by atomic mass is 16.6. The smallest absolute Gasteiger partial charge is 0.325 e. The van der Waals surface area contributed by atoms with Crippen molar-refractivity contribution in [3.8, 4) is 11.3 Å². The largest absolute Gasteiger partial charge is 0.439 e. The molecule has 1 aliphatic rings. The molecule has 3 aromatic rings. The molecule has 9 heteroatoms. The lowest BCUT2D eigenvalue weighted by molar-refractivity contribution is -0.384. The van der Waals surface area contributed by atoms with E-state index >= 15 is 0 Å². The van der Waals surface area contributed by atoms with E-state index in [4.69, 9.17) is 4.42 Å². The quantitative estimate of drug-likeness (QED) is 0.405. The molecule has 1 N–H and O–H groups in total. The van der Waals surface area contributed by atoms with Gasteiger partial charge in [0.15, 0.2) is 5.76 Å². The molecule has 1 atom stereocenters. The van der Waals surface area contributed by atoms with Crippen LogP contribution in [0.4, 0.5) is 10.5 Å². The van der Waals surface area contributed by atoms with E-state index in [1.807, 2.05) is 30.3 Å².